The Hall–Kier alpha value is -2.66. The molecule has 2 aromatic rings. The second-order valence-electron chi connectivity index (χ2n) is 6.67. The lowest BCUT2D eigenvalue weighted by Gasteiger charge is -2.25. The number of hydrogen-bond donors (Lipinski definition) is 2. The fraction of sp³-hybridized carbons (Fsp3) is 0.333. The predicted octanol–water partition coefficient (Wildman–Crippen LogP) is 2.01. The van der Waals surface area contributed by atoms with Crippen LogP contribution >= 0.6 is 0 Å². The molecule has 2 rings (SSSR count). The molecule has 5 nitrogen and oxygen atoms in total. The van der Waals surface area contributed by atoms with Crippen molar-refractivity contribution in [3.63, 3.8) is 0 Å². The minimum Gasteiger partial charge on any atom is -0.366 e. The second kappa shape index (κ2) is 9.73. The molecule has 0 saturated heterocycles. The number of benzene rings is 2. The molecule has 26 heavy (non-hydrogen) atoms. The molecule has 3 N–H and O–H groups in total. The van der Waals surface area contributed by atoms with E-state index >= 15 is 0 Å². The summed E-state index contributed by atoms with van der Waals surface area (Å²) in [6, 6.07) is 17.5. The minimum absolute atomic E-state index is 0.0600. The molecule has 0 saturated carbocycles. The van der Waals surface area contributed by atoms with Gasteiger partial charge in [0.15, 0.2) is 0 Å². The van der Waals surface area contributed by atoms with E-state index in [-0.39, 0.29) is 11.9 Å². The van der Waals surface area contributed by atoms with Crippen molar-refractivity contribution in [1.82, 2.24) is 10.2 Å². The fourth-order valence-electron chi connectivity index (χ4n) is 2.74. The van der Waals surface area contributed by atoms with E-state index in [4.69, 9.17) is 5.73 Å². The number of amides is 2. The summed E-state index contributed by atoms with van der Waals surface area (Å²) in [5.41, 5.74) is 8.05. The summed E-state index contributed by atoms with van der Waals surface area (Å²) in [7, 11) is 4.00. The van der Waals surface area contributed by atoms with E-state index in [0.717, 1.165) is 18.4 Å². The Bertz CT molecular complexity index is 712. The summed E-state index contributed by atoms with van der Waals surface area (Å²) in [5.74, 6) is -0.365. The average molecular weight is 353 g/mol. The van der Waals surface area contributed by atoms with Crippen LogP contribution in [-0.2, 0) is 17.6 Å². The predicted molar refractivity (Wildman–Crippen MR) is 104 cm³/mol. The number of likely N-dealkylation sites (N-methyl/N-ethyl adjacent to an activating group) is 1. The highest BCUT2D eigenvalue weighted by Crippen LogP contribution is 2.09. The highest BCUT2D eigenvalue weighted by molar-refractivity contribution is 5.92. The van der Waals surface area contributed by atoms with Gasteiger partial charge in [0.25, 0.3) is 0 Å². The first-order valence-corrected chi connectivity index (χ1v) is 8.81. The maximum atomic E-state index is 12.1. The molecule has 0 aliphatic carbocycles. The van der Waals surface area contributed by atoms with E-state index in [1.165, 1.54) is 5.56 Å². The van der Waals surface area contributed by atoms with Crippen LogP contribution in [0.3, 0.4) is 0 Å². The van der Waals surface area contributed by atoms with Crippen molar-refractivity contribution in [3.05, 3.63) is 71.3 Å². The van der Waals surface area contributed by atoms with Crippen LogP contribution in [0.5, 0.6) is 0 Å². The Kier molecular flexibility index (Phi) is 7.36. The first kappa shape index (κ1) is 19.7. The Morgan fingerprint density at radius 1 is 1.00 bits per heavy atom. The molecule has 0 heterocycles. The molecule has 0 radical (unpaired) electrons. The van der Waals surface area contributed by atoms with Crippen molar-refractivity contribution in [2.45, 2.75) is 25.3 Å². The lowest BCUT2D eigenvalue weighted by Crippen LogP contribution is -2.41. The number of nitrogens with one attached hydrogen (secondary N) is 1. The van der Waals surface area contributed by atoms with Crippen LogP contribution in [0.15, 0.2) is 54.6 Å². The van der Waals surface area contributed by atoms with E-state index in [9.17, 15) is 9.59 Å². The standard InChI is InChI=1S/C21H27N3O2/c1-24(2)19(14-17-8-11-18(12-9-17)21(22)26)15-23-20(25)13-10-16-6-4-3-5-7-16/h3-9,11-12,19H,10,13-15H2,1-2H3,(H2,22,26)(H,23,25)/t19-/m0/s1. The third-order valence-electron chi connectivity index (χ3n) is 4.46. The van der Waals surface area contributed by atoms with Gasteiger partial charge < -0.3 is 16.0 Å². The molecule has 2 amide bonds. The van der Waals surface area contributed by atoms with Gasteiger partial charge in [0.1, 0.15) is 0 Å². The first-order valence-electron chi connectivity index (χ1n) is 8.81. The number of carbonyl (C=O) groups is 2. The van der Waals surface area contributed by atoms with Gasteiger partial charge in [-0.2, -0.15) is 0 Å². The van der Waals surface area contributed by atoms with Gasteiger partial charge in [0.2, 0.25) is 11.8 Å². The van der Waals surface area contributed by atoms with Crippen LogP contribution < -0.4 is 11.1 Å². The van der Waals surface area contributed by atoms with Crippen LogP contribution in [0.25, 0.3) is 0 Å². The smallest absolute Gasteiger partial charge is 0.248 e. The van der Waals surface area contributed by atoms with Gasteiger partial charge in [-0.15, -0.1) is 0 Å². The quantitative estimate of drug-likeness (QED) is 0.724. The fourth-order valence-corrected chi connectivity index (χ4v) is 2.74. The molecule has 1 atom stereocenters. The van der Waals surface area contributed by atoms with Crippen molar-refractivity contribution in [2.24, 2.45) is 5.73 Å². The van der Waals surface area contributed by atoms with E-state index in [2.05, 4.69) is 10.2 Å². The summed E-state index contributed by atoms with van der Waals surface area (Å²) in [4.78, 5) is 25.4. The molecule has 5 heteroatoms. The zero-order valence-electron chi connectivity index (χ0n) is 15.4. The summed E-state index contributed by atoms with van der Waals surface area (Å²) in [5, 5.41) is 3.03. The van der Waals surface area contributed by atoms with E-state index in [0.29, 0.717) is 18.5 Å². The molecule has 138 valence electrons. The summed E-state index contributed by atoms with van der Waals surface area (Å²) in [6.45, 7) is 0.582. The molecule has 0 aromatic heterocycles. The topological polar surface area (TPSA) is 75.4 Å². The summed E-state index contributed by atoms with van der Waals surface area (Å²) < 4.78 is 0. The molecule has 0 bridgehead atoms. The summed E-state index contributed by atoms with van der Waals surface area (Å²) in [6.07, 6.45) is 2.01. The van der Waals surface area contributed by atoms with Crippen molar-refractivity contribution in [3.8, 4) is 0 Å². The van der Waals surface area contributed by atoms with Crippen LogP contribution in [0, 0.1) is 0 Å². The van der Waals surface area contributed by atoms with Gasteiger partial charge in [-0.05, 0) is 50.2 Å². The highest BCUT2D eigenvalue weighted by Gasteiger charge is 2.14. The molecule has 0 spiro atoms. The number of hydrogen-bond acceptors (Lipinski definition) is 3. The normalized spacial score (nSPS) is 12.0. The number of primary amides is 1. The third kappa shape index (κ3) is 6.33. The minimum atomic E-state index is -0.425. The van der Waals surface area contributed by atoms with Crippen molar-refractivity contribution >= 4 is 11.8 Å². The lowest BCUT2D eigenvalue weighted by molar-refractivity contribution is -0.121. The largest absolute Gasteiger partial charge is 0.366 e. The van der Waals surface area contributed by atoms with Gasteiger partial charge in [0.05, 0.1) is 0 Å². The molecule has 0 unspecified atom stereocenters. The highest BCUT2D eigenvalue weighted by atomic mass is 16.1. The first-order chi connectivity index (χ1) is 12.5. The van der Waals surface area contributed by atoms with E-state index in [1.807, 2.05) is 56.6 Å². The van der Waals surface area contributed by atoms with Gasteiger partial charge in [0, 0.05) is 24.6 Å². The number of carbonyl (C=O) groups excluding carboxylic acids is 2. The van der Waals surface area contributed by atoms with Gasteiger partial charge in [-0.1, -0.05) is 42.5 Å². The Morgan fingerprint density at radius 2 is 1.65 bits per heavy atom. The SMILES string of the molecule is CN(C)[C@H](CNC(=O)CCc1ccccc1)Cc1ccc(C(N)=O)cc1. The second-order valence-corrected chi connectivity index (χ2v) is 6.67. The monoisotopic (exact) mass is 353 g/mol. The Balaban J connectivity index is 1.83. The third-order valence-corrected chi connectivity index (χ3v) is 4.46. The zero-order chi connectivity index (χ0) is 18.9. The Labute approximate surface area is 155 Å². The number of nitrogens with zero attached hydrogens (tertiary/aromatic N) is 1. The van der Waals surface area contributed by atoms with Gasteiger partial charge in [-0.3, -0.25) is 9.59 Å². The summed E-state index contributed by atoms with van der Waals surface area (Å²) >= 11 is 0. The number of rotatable bonds is 9. The molecule has 0 fully saturated rings. The van der Waals surface area contributed by atoms with E-state index in [1.54, 1.807) is 12.1 Å². The van der Waals surface area contributed by atoms with Crippen LogP contribution in [0.4, 0.5) is 0 Å². The number of aryl methyl sites for hydroxylation is 1. The van der Waals surface area contributed by atoms with E-state index < -0.39 is 5.91 Å². The molecule has 0 aliphatic heterocycles. The van der Waals surface area contributed by atoms with Crippen molar-refractivity contribution < 1.29 is 9.59 Å². The molecular weight excluding hydrogens is 326 g/mol. The van der Waals surface area contributed by atoms with Crippen LogP contribution in [0.2, 0.25) is 0 Å². The lowest BCUT2D eigenvalue weighted by atomic mass is 10.0. The van der Waals surface area contributed by atoms with Gasteiger partial charge in [-0.25, -0.2) is 0 Å². The molecular formula is C21H27N3O2. The molecule has 2 aromatic carbocycles. The van der Waals surface area contributed by atoms with Crippen LogP contribution in [-0.4, -0.2) is 43.4 Å². The van der Waals surface area contributed by atoms with Gasteiger partial charge >= 0.3 is 0 Å². The van der Waals surface area contributed by atoms with Crippen molar-refractivity contribution in [1.29, 1.82) is 0 Å². The maximum absolute atomic E-state index is 12.1. The Morgan fingerprint density at radius 3 is 2.23 bits per heavy atom. The maximum Gasteiger partial charge on any atom is 0.248 e. The van der Waals surface area contributed by atoms with Crippen LogP contribution in [0.1, 0.15) is 27.9 Å². The number of nitrogens with two attached hydrogens (primary N) is 1. The molecule has 0 aliphatic rings. The zero-order valence-corrected chi connectivity index (χ0v) is 15.4. The average Bonchev–Trinajstić information content (AvgIpc) is 2.64. The van der Waals surface area contributed by atoms with Crippen molar-refractivity contribution in [2.75, 3.05) is 20.6 Å².